The summed E-state index contributed by atoms with van der Waals surface area (Å²) in [5.74, 6) is 0.965. The van der Waals surface area contributed by atoms with Gasteiger partial charge in [0.15, 0.2) is 17.2 Å². The minimum atomic E-state index is -3.68. The van der Waals surface area contributed by atoms with Gasteiger partial charge in [0.25, 0.3) is 5.91 Å². The Hall–Kier alpha value is -2.88. The second kappa shape index (κ2) is 9.94. The van der Waals surface area contributed by atoms with Crippen molar-refractivity contribution in [1.82, 2.24) is 4.31 Å². The lowest BCUT2D eigenvalue weighted by Crippen LogP contribution is -2.35. The van der Waals surface area contributed by atoms with E-state index in [0.29, 0.717) is 35.2 Å². The third-order valence-corrected chi connectivity index (χ3v) is 8.30. The third-order valence-electron chi connectivity index (χ3n) is 5.41. The van der Waals surface area contributed by atoms with Gasteiger partial charge in [-0.3, -0.25) is 4.79 Å². The Morgan fingerprint density at radius 1 is 0.970 bits per heavy atom. The highest BCUT2D eigenvalue weighted by atomic mass is 32.2. The molecule has 4 rings (SSSR count). The normalized spacial score (nSPS) is 14.6. The number of hydrogen-bond acceptors (Lipinski definition) is 6. The van der Waals surface area contributed by atoms with E-state index in [2.05, 4.69) is 5.32 Å². The number of amides is 1. The fourth-order valence-corrected chi connectivity index (χ4v) is 5.98. The van der Waals surface area contributed by atoms with Crippen LogP contribution in [0.3, 0.4) is 0 Å². The van der Waals surface area contributed by atoms with Gasteiger partial charge in [-0.05, 0) is 62.2 Å². The van der Waals surface area contributed by atoms with Gasteiger partial charge >= 0.3 is 0 Å². The minimum Gasteiger partial charge on any atom is -0.493 e. The van der Waals surface area contributed by atoms with E-state index in [1.165, 1.54) is 34.9 Å². The van der Waals surface area contributed by atoms with Crippen LogP contribution in [0.2, 0.25) is 0 Å². The number of nitrogens with one attached hydrogen (secondary N) is 1. The van der Waals surface area contributed by atoms with Gasteiger partial charge < -0.3 is 14.8 Å². The maximum atomic E-state index is 13.2. The highest BCUT2D eigenvalue weighted by molar-refractivity contribution is 7.89. The summed E-state index contributed by atoms with van der Waals surface area (Å²) < 4.78 is 39.3. The van der Waals surface area contributed by atoms with Gasteiger partial charge in [0, 0.05) is 18.0 Å². The number of hydrogen-bond donors (Lipinski definition) is 1. The average Bonchev–Trinajstić information content (AvgIpc) is 3.27. The SMILES string of the molecule is COc1ccccc1Oc1ccc(S(=O)(=O)N2CCCCC2)cc1NC(=O)c1ccc(C)s1. The number of ether oxygens (including phenoxy) is 2. The zero-order chi connectivity index (χ0) is 23.4. The fraction of sp³-hybridized carbons (Fsp3) is 0.292. The van der Waals surface area contributed by atoms with Crippen LogP contribution in [0, 0.1) is 6.92 Å². The van der Waals surface area contributed by atoms with Crippen LogP contribution in [0.1, 0.15) is 33.8 Å². The van der Waals surface area contributed by atoms with Crippen molar-refractivity contribution in [3.63, 3.8) is 0 Å². The molecular weight excluding hydrogens is 460 g/mol. The molecule has 2 aromatic carbocycles. The molecule has 3 aromatic rings. The number of aryl methyl sites for hydroxylation is 1. The van der Waals surface area contributed by atoms with Crippen molar-refractivity contribution in [2.75, 3.05) is 25.5 Å². The summed E-state index contributed by atoms with van der Waals surface area (Å²) in [6, 6.07) is 15.3. The Bertz CT molecular complexity index is 1250. The molecule has 0 aliphatic carbocycles. The topological polar surface area (TPSA) is 84.9 Å². The third kappa shape index (κ3) is 5.21. The Morgan fingerprint density at radius 2 is 1.70 bits per heavy atom. The molecule has 7 nitrogen and oxygen atoms in total. The maximum Gasteiger partial charge on any atom is 0.265 e. The van der Waals surface area contributed by atoms with Crippen LogP contribution in [0.5, 0.6) is 17.2 Å². The molecule has 1 fully saturated rings. The second-order valence-electron chi connectivity index (χ2n) is 7.74. The predicted molar refractivity (Wildman–Crippen MR) is 129 cm³/mol. The van der Waals surface area contributed by atoms with Crippen molar-refractivity contribution in [1.29, 1.82) is 0 Å². The van der Waals surface area contributed by atoms with Crippen molar-refractivity contribution in [3.8, 4) is 17.2 Å². The van der Waals surface area contributed by atoms with Crippen molar-refractivity contribution in [2.24, 2.45) is 0 Å². The molecule has 0 radical (unpaired) electrons. The summed E-state index contributed by atoms with van der Waals surface area (Å²) in [6.45, 7) is 2.92. The van der Waals surface area contributed by atoms with Gasteiger partial charge in [-0.1, -0.05) is 18.6 Å². The molecule has 1 saturated heterocycles. The van der Waals surface area contributed by atoms with Gasteiger partial charge in [-0.2, -0.15) is 4.31 Å². The first-order valence-corrected chi connectivity index (χ1v) is 13.0. The van der Waals surface area contributed by atoms with Gasteiger partial charge in [-0.15, -0.1) is 11.3 Å². The molecule has 0 saturated carbocycles. The van der Waals surface area contributed by atoms with Gasteiger partial charge in [0.1, 0.15) is 0 Å². The summed E-state index contributed by atoms with van der Waals surface area (Å²) in [5.41, 5.74) is 0.273. The molecule has 1 N–H and O–H groups in total. The largest absolute Gasteiger partial charge is 0.493 e. The highest BCUT2D eigenvalue weighted by Gasteiger charge is 2.27. The number of methoxy groups -OCH3 is 1. The summed E-state index contributed by atoms with van der Waals surface area (Å²) in [4.78, 5) is 14.5. The van der Waals surface area contributed by atoms with Crippen LogP contribution in [0.25, 0.3) is 0 Å². The smallest absolute Gasteiger partial charge is 0.265 e. The Labute approximate surface area is 198 Å². The van der Waals surface area contributed by atoms with Crippen LogP contribution in [0.15, 0.2) is 59.5 Å². The average molecular weight is 487 g/mol. The quantitative estimate of drug-likeness (QED) is 0.491. The number of para-hydroxylation sites is 2. The first-order chi connectivity index (χ1) is 15.9. The number of thiophene rings is 1. The van der Waals surface area contributed by atoms with E-state index in [1.807, 2.05) is 19.1 Å². The Morgan fingerprint density at radius 3 is 2.36 bits per heavy atom. The molecule has 2 heterocycles. The van der Waals surface area contributed by atoms with E-state index >= 15 is 0 Å². The molecule has 1 aliphatic rings. The summed E-state index contributed by atoms with van der Waals surface area (Å²) in [7, 11) is -2.14. The molecule has 1 aliphatic heterocycles. The van der Waals surface area contributed by atoms with E-state index in [9.17, 15) is 13.2 Å². The van der Waals surface area contributed by atoms with Crippen molar-refractivity contribution >= 4 is 33.0 Å². The van der Waals surface area contributed by atoms with Gasteiger partial charge in [-0.25, -0.2) is 8.42 Å². The summed E-state index contributed by atoms with van der Waals surface area (Å²) >= 11 is 1.36. The van der Waals surface area contributed by atoms with Crippen LogP contribution >= 0.6 is 11.3 Å². The zero-order valence-electron chi connectivity index (χ0n) is 18.5. The molecule has 0 bridgehead atoms. The molecule has 1 aromatic heterocycles. The van der Waals surface area contributed by atoms with Crippen LogP contribution in [-0.4, -0.2) is 38.8 Å². The van der Waals surface area contributed by atoms with Crippen molar-refractivity contribution in [2.45, 2.75) is 31.1 Å². The first kappa shape index (κ1) is 23.3. The summed E-state index contributed by atoms with van der Waals surface area (Å²) in [6.07, 6.45) is 2.71. The number of rotatable bonds is 7. The Kier molecular flexibility index (Phi) is 7.02. The number of anilines is 1. The van der Waals surface area contributed by atoms with Crippen LogP contribution < -0.4 is 14.8 Å². The van der Waals surface area contributed by atoms with Crippen molar-refractivity contribution in [3.05, 3.63) is 64.4 Å². The van der Waals surface area contributed by atoms with Crippen LogP contribution in [0.4, 0.5) is 5.69 Å². The molecule has 0 unspecified atom stereocenters. The van der Waals surface area contributed by atoms with E-state index in [1.54, 1.807) is 30.3 Å². The molecule has 0 spiro atoms. The summed E-state index contributed by atoms with van der Waals surface area (Å²) in [5, 5.41) is 2.84. The van der Waals surface area contributed by atoms with E-state index in [4.69, 9.17) is 9.47 Å². The second-order valence-corrected chi connectivity index (χ2v) is 11.0. The number of carbonyl (C=O) groups excluding carboxylic acids is 1. The van der Waals surface area contributed by atoms with E-state index in [0.717, 1.165) is 24.1 Å². The van der Waals surface area contributed by atoms with Gasteiger partial charge in [0.05, 0.1) is 22.6 Å². The molecule has 1 amide bonds. The molecule has 0 atom stereocenters. The Balaban J connectivity index is 1.71. The number of benzene rings is 2. The monoisotopic (exact) mass is 486 g/mol. The number of carbonyl (C=O) groups is 1. The zero-order valence-corrected chi connectivity index (χ0v) is 20.2. The number of nitrogens with zero attached hydrogens (tertiary/aromatic N) is 1. The van der Waals surface area contributed by atoms with Crippen LogP contribution in [-0.2, 0) is 10.0 Å². The number of sulfonamides is 1. The lowest BCUT2D eigenvalue weighted by Gasteiger charge is -2.26. The number of piperidine rings is 1. The van der Waals surface area contributed by atoms with E-state index in [-0.39, 0.29) is 16.5 Å². The predicted octanol–water partition coefficient (Wildman–Crippen LogP) is 5.28. The van der Waals surface area contributed by atoms with Gasteiger partial charge in [0.2, 0.25) is 10.0 Å². The lowest BCUT2D eigenvalue weighted by atomic mass is 10.2. The first-order valence-electron chi connectivity index (χ1n) is 10.7. The maximum absolute atomic E-state index is 13.2. The highest BCUT2D eigenvalue weighted by Crippen LogP contribution is 2.37. The van der Waals surface area contributed by atoms with Crippen molar-refractivity contribution < 1.29 is 22.7 Å². The standard InChI is InChI=1S/C24H26N2O5S2/c1-17-10-13-23(32-17)24(27)25-19-16-18(33(28,29)26-14-6-3-7-15-26)11-12-20(19)31-22-9-5-4-8-21(22)30-2/h4-5,8-13,16H,3,6-7,14-15H2,1-2H3,(H,25,27). The molecule has 33 heavy (non-hydrogen) atoms. The molecular formula is C24H26N2O5S2. The fourth-order valence-electron chi connectivity index (χ4n) is 3.67. The minimum absolute atomic E-state index is 0.120. The molecule has 174 valence electrons. The molecule has 9 heteroatoms. The lowest BCUT2D eigenvalue weighted by molar-refractivity contribution is 0.103. The van der Waals surface area contributed by atoms with E-state index < -0.39 is 10.0 Å².